The van der Waals surface area contributed by atoms with E-state index >= 15 is 0 Å². The van der Waals surface area contributed by atoms with Gasteiger partial charge in [0.2, 0.25) is 5.88 Å². The minimum atomic E-state index is -0.799. The Morgan fingerprint density at radius 1 is 1.04 bits per heavy atom. The quantitative estimate of drug-likeness (QED) is 0.451. The van der Waals surface area contributed by atoms with E-state index in [4.69, 9.17) is 9.47 Å². The second-order valence-electron chi connectivity index (χ2n) is 5.75. The van der Waals surface area contributed by atoms with Crippen LogP contribution in [0.25, 0.3) is 21.3 Å². The van der Waals surface area contributed by atoms with Crippen molar-refractivity contribution in [2.24, 2.45) is 0 Å². The topological polar surface area (TPSA) is 44.2 Å². The predicted octanol–water partition coefficient (Wildman–Crippen LogP) is 5.58. The Labute approximate surface area is 158 Å². The summed E-state index contributed by atoms with van der Waals surface area (Å²) >= 11 is 1.44. The Morgan fingerprint density at radius 3 is 2.59 bits per heavy atom. The predicted molar refractivity (Wildman–Crippen MR) is 100.0 cm³/mol. The molecule has 0 radical (unpaired) electrons. The minimum absolute atomic E-state index is 0.107. The minimum Gasteiger partial charge on any atom is -0.435 e. The number of hydrogen-bond donors (Lipinski definition) is 0. The zero-order valence-corrected chi connectivity index (χ0v) is 15.1. The summed E-state index contributed by atoms with van der Waals surface area (Å²) < 4.78 is 38.2. The van der Waals surface area contributed by atoms with Gasteiger partial charge in [-0.1, -0.05) is 30.3 Å². The highest BCUT2D eigenvalue weighted by Gasteiger charge is 2.18. The van der Waals surface area contributed by atoms with Gasteiger partial charge in [-0.15, -0.1) is 11.3 Å². The van der Waals surface area contributed by atoms with Crippen LogP contribution in [0.3, 0.4) is 0 Å². The Hall–Kier alpha value is -2.90. The molecule has 0 saturated heterocycles. The third kappa shape index (κ3) is 3.51. The monoisotopic (exact) mass is 384 g/mol. The lowest BCUT2D eigenvalue weighted by atomic mass is 10.1. The highest BCUT2D eigenvalue weighted by Crippen LogP contribution is 2.39. The standard InChI is InChI=1S/C20H14F2N2O2S/c1-25-10-17-23-19(26-16-8-7-13(21)9-15(16)22)18-14(11-27-20(18)24-17)12-5-3-2-4-6-12/h2-9,11H,10H2,1H3. The van der Waals surface area contributed by atoms with Gasteiger partial charge in [0.25, 0.3) is 0 Å². The van der Waals surface area contributed by atoms with Crippen molar-refractivity contribution < 1.29 is 18.3 Å². The maximum atomic E-state index is 14.1. The first-order valence-electron chi connectivity index (χ1n) is 8.11. The van der Waals surface area contributed by atoms with Crippen molar-refractivity contribution in [3.63, 3.8) is 0 Å². The summed E-state index contributed by atoms with van der Waals surface area (Å²) in [6.07, 6.45) is 0. The lowest BCUT2D eigenvalue weighted by Gasteiger charge is -2.10. The number of aromatic nitrogens is 2. The van der Waals surface area contributed by atoms with Crippen molar-refractivity contribution in [3.8, 4) is 22.8 Å². The fourth-order valence-electron chi connectivity index (χ4n) is 2.71. The maximum absolute atomic E-state index is 14.1. The Kier molecular flexibility index (Phi) is 4.79. The molecule has 0 aliphatic rings. The smallest absolute Gasteiger partial charge is 0.232 e. The second-order valence-corrected chi connectivity index (χ2v) is 6.61. The van der Waals surface area contributed by atoms with E-state index in [9.17, 15) is 8.78 Å². The van der Waals surface area contributed by atoms with Gasteiger partial charge < -0.3 is 9.47 Å². The van der Waals surface area contributed by atoms with Crippen LogP contribution in [-0.2, 0) is 11.3 Å². The van der Waals surface area contributed by atoms with E-state index in [1.165, 1.54) is 24.5 Å². The lowest BCUT2D eigenvalue weighted by Crippen LogP contribution is -2.00. The van der Waals surface area contributed by atoms with Crippen LogP contribution in [-0.4, -0.2) is 17.1 Å². The van der Waals surface area contributed by atoms with Crippen LogP contribution in [0.1, 0.15) is 5.82 Å². The largest absolute Gasteiger partial charge is 0.435 e. The number of nitrogens with zero attached hydrogens (tertiary/aromatic N) is 2. The SMILES string of the molecule is COCc1nc(Oc2ccc(F)cc2F)c2c(-c3ccccc3)csc2n1. The molecule has 0 aliphatic heterocycles. The summed E-state index contributed by atoms with van der Waals surface area (Å²) in [7, 11) is 1.54. The molecule has 0 bridgehead atoms. The zero-order chi connectivity index (χ0) is 18.8. The van der Waals surface area contributed by atoms with E-state index in [1.807, 2.05) is 35.7 Å². The third-order valence-corrected chi connectivity index (χ3v) is 4.78. The molecule has 0 aliphatic carbocycles. The summed E-state index contributed by atoms with van der Waals surface area (Å²) in [6.45, 7) is 0.191. The van der Waals surface area contributed by atoms with Crippen molar-refractivity contribution in [3.05, 3.63) is 71.4 Å². The average Bonchev–Trinajstić information content (AvgIpc) is 3.09. The van der Waals surface area contributed by atoms with Crippen LogP contribution >= 0.6 is 11.3 Å². The molecule has 2 aromatic carbocycles. The van der Waals surface area contributed by atoms with E-state index in [1.54, 1.807) is 0 Å². The molecule has 4 aromatic rings. The van der Waals surface area contributed by atoms with E-state index in [0.29, 0.717) is 16.0 Å². The highest BCUT2D eigenvalue weighted by atomic mass is 32.1. The van der Waals surface area contributed by atoms with Crippen molar-refractivity contribution in [2.75, 3.05) is 7.11 Å². The molecule has 2 aromatic heterocycles. The lowest BCUT2D eigenvalue weighted by molar-refractivity contribution is 0.177. The summed E-state index contributed by atoms with van der Waals surface area (Å²) in [4.78, 5) is 9.60. The summed E-state index contributed by atoms with van der Waals surface area (Å²) in [6, 6.07) is 12.9. The van der Waals surface area contributed by atoms with Gasteiger partial charge >= 0.3 is 0 Å². The normalized spacial score (nSPS) is 11.1. The molecular weight excluding hydrogens is 370 g/mol. The molecule has 0 unspecified atom stereocenters. The van der Waals surface area contributed by atoms with Crippen LogP contribution in [0.4, 0.5) is 8.78 Å². The molecule has 27 heavy (non-hydrogen) atoms. The van der Waals surface area contributed by atoms with Gasteiger partial charge in [-0.2, -0.15) is 4.98 Å². The highest BCUT2D eigenvalue weighted by molar-refractivity contribution is 7.17. The molecule has 0 spiro atoms. The molecule has 0 amide bonds. The van der Waals surface area contributed by atoms with E-state index in [0.717, 1.165) is 23.3 Å². The number of fused-ring (bicyclic) bond motifs is 1. The first kappa shape index (κ1) is 17.5. The number of halogens is 2. The summed E-state index contributed by atoms with van der Waals surface area (Å²) in [5.74, 6) is -0.952. The van der Waals surface area contributed by atoms with Gasteiger partial charge in [0.05, 0.1) is 5.39 Å². The fourth-order valence-corrected chi connectivity index (χ4v) is 3.67. The zero-order valence-electron chi connectivity index (χ0n) is 14.3. The molecular formula is C20H14F2N2O2S. The first-order chi connectivity index (χ1) is 13.2. The van der Waals surface area contributed by atoms with E-state index < -0.39 is 11.6 Å². The van der Waals surface area contributed by atoms with Crippen molar-refractivity contribution >= 4 is 21.6 Å². The number of ether oxygens (including phenoxy) is 2. The second kappa shape index (κ2) is 7.38. The number of methoxy groups -OCH3 is 1. The van der Waals surface area contributed by atoms with E-state index in [2.05, 4.69) is 9.97 Å². The van der Waals surface area contributed by atoms with Crippen molar-refractivity contribution in [1.82, 2.24) is 9.97 Å². The third-order valence-electron chi connectivity index (χ3n) is 3.91. The molecule has 0 saturated carbocycles. The van der Waals surface area contributed by atoms with Crippen molar-refractivity contribution in [2.45, 2.75) is 6.61 Å². The van der Waals surface area contributed by atoms with Crippen molar-refractivity contribution in [1.29, 1.82) is 0 Å². The Bertz CT molecular complexity index is 1100. The molecule has 0 N–H and O–H groups in total. The molecule has 136 valence electrons. The van der Waals surface area contributed by atoms with Crippen LogP contribution < -0.4 is 4.74 Å². The van der Waals surface area contributed by atoms with Crippen LogP contribution in [0.15, 0.2) is 53.9 Å². The summed E-state index contributed by atoms with van der Waals surface area (Å²) in [5.41, 5.74) is 1.85. The van der Waals surface area contributed by atoms with Gasteiger partial charge in [-0.25, -0.2) is 13.8 Å². The number of hydrogen-bond acceptors (Lipinski definition) is 5. The molecule has 4 nitrogen and oxygen atoms in total. The van der Waals surface area contributed by atoms with E-state index in [-0.39, 0.29) is 18.2 Å². The summed E-state index contributed by atoms with van der Waals surface area (Å²) in [5, 5.41) is 2.63. The van der Waals surface area contributed by atoms with Crippen LogP contribution in [0, 0.1) is 11.6 Å². The number of thiophene rings is 1. The molecule has 0 fully saturated rings. The Balaban J connectivity index is 1.89. The maximum Gasteiger partial charge on any atom is 0.232 e. The molecule has 7 heteroatoms. The van der Waals surface area contributed by atoms with Gasteiger partial charge in [0.15, 0.2) is 17.4 Å². The molecule has 4 rings (SSSR count). The number of rotatable bonds is 5. The first-order valence-corrected chi connectivity index (χ1v) is 8.99. The van der Waals surface area contributed by atoms with Crippen LogP contribution in [0.2, 0.25) is 0 Å². The van der Waals surface area contributed by atoms with Gasteiger partial charge in [0, 0.05) is 24.1 Å². The fraction of sp³-hybridized carbons (Fsp3) is 0.100. The molecule has 0 atom stereocenters. The molecule has 2 heterocycles. The van der Waals surface area contributed by atoms with Gasteiger partial charge in [-0.05, 0) is 17.7 Å². The van der Waals surface area contributed by atoms with Gasteiger partial charge in [-0.3, -0.25) is 0 Å². The van der Waals surface area contributed by atoms with Gasteiger partial charge in [0.1, 0.15) is 17.3 Å². The average molecular weight is 384 g/mol. The van der Waals surface area contributed by atoms with Crippen LogP contribution in [0.5, 0.6) is 11.6 Å². The Morgan fingerprint density at radius 2 is 1.85 bits per heavy atom. The number of benzene rings is 2.